The molecule has 0 heterocycles. The zero-order valence-electron chi connectivity index (χ0n) is 9.18. The van der Waals surface area contributed by atoms with Crippen LogP contribution in [0.3, 0.4) is 0 Å². The summed E-state index contributed by atoms with van der Waals surface area (Å²) in [5, 5.41) is 86.0. The van der Waals surface area contributed by atoms with E-state index in [4.69, 9.17) is 60.3 Å². The SMILES string of the molecule is OB(O)O.OB(O)O.OB(O)O.OB(O)O.[Hf].[Hf].[Hf]. The van der Waals surface area contributed by atoms with Gasteiger partial charge in [0.15, 0.2) is 0 Å². The van der Waals surface area contributed by atoms with Gasteiger partial charge in [-0.1, -0.05) is 0 Å². The van der Waals surface area contributed by atoms with Gasteiger partial charge in [0.25, 0.3) is 0 Å². The van der Waals surface area contributed by atoms with Crippen LogP contribution in [-0.4, -0.2) is 89.6 Å². The van der Waals surface area contributed by atoms with Gasteiger partial charge in [-0.05, 0) is 0 Å². The third kappa shape index (κ3) is 1210. The molecule has 19 heavy (non-hydrogen) atoms. The molecular formula is H12B4Hf3O12. The van der Waals surface area contributed by atoms with Crippen molar-refractivity contribution in [3.63, 3.8) is 0 Å². The zero-order chi connectivity index (χ0) is 14.3. The van der Waals surface area contributed by atoms with Gasteiger partial charge in [0, 0.05) is 77.5 Å². The van der Waals surface area contributed by atoms with Gasteiger partial charge in [-0.3, -0.25) is 0 Å². The Labute approximate surface area is 165 Å². The summed E-state index contributed by atoms with van der Waals surface area (Å²) in [4.78, 5) is 0. The van der Waals surface area contributed by atoms with E-state index < -0.39 is 29.3 Å². The van der Waals surface area contributed by atoms with Crippen LogP contribution in [0.1, 0.15) is 0 Å². The molecule has 0 saturated heterocycles. The molecule has 0 aliphatic rings. The van der Waals surface area contributed by atoms with Crippen molar-refractivity contribution in [1.82, 2.24) is 0 Å². The summed E-state index contributed by atoms with van der Waals surface area (Å²) in [6.45, 7) is 0. The molecule has 0 saturated carbocycles. The van der Waals surface area contributed by atoms with E-state index in [0.29, 0.717) is 0 Å². The van der Waals surface area contributed by atoms with Crippen LogP contribution in [0.2, 0.25) is 0 Å². The van der Waals surface area contributed by atoms with Gasteiger partial charge in [0.1, 0.15) is 0 Å². The maximum Gasteiger partial charge on any atom is 0.631 e. The molecule has 0 rings (SSSR count). The van der Waals surface area contributed by atoms with E-state index in [2.05, 4.69) is 0 Å². The van der Waals surface area contributed by atoms with Gasteiger partial charge in [-0.2, -0.15) is 0 Å². The van der Waals surface area contributed by atoms with Crippen LogP contribution in [0.15, 0.2) is 0 Å². The van der Waals surface area contributed by atoms with Crippen LogP contribution in [0, 0.1) is 0 Å². The van der Waals surface area contributed by atoms with Crippen molar-refractivity contribution < 1.29 is 138 Å². The quantitative estimate of drug-likeness (QED) is 0.103. The Morgan fingerprint density at radius 2 is 0.263 bits per heavy atom. The smallest absolute Gasteiger partial charge is 0.402 e. The van der Waals surface area contributed by atoms with Gasteiger partial charge < -0.3 is 60.3 Å². The first-order chi connectivity index (χ1) is 6.93. The van der Waals surface area contributed by atoms with Crippen molar-refractivity contribution in [3.8, 4) is 0 Å². The minimum absolute atomic E-state index is 0. The van der Waals surface area contributed by atoms with Crippen molar-refractivity contribution in [3.05, 3.63) is 0 Å². The Hall–Kier alpha value is 2.39. The Bertz CT molecular complexity index is 68.0. The molecule has 0 aromatic rings. The molecule has 19 heteroatoms. The monoisotopic (exact) mass is 788 g/mol. The molecule has 0 fully saturated rings. The van der Waals surface area contributed by atoms with Crippen LogP contribution >= 0.6 is 0 Å². The fourth-order valence-electron chi connectivity index (χ4n) is 0. The first-order valence-electron chi connectivity index (χ1n) is 3.10. The van der Waals surface area contributed by atoms with E-state index in [0.717, 1.165) is 0 Å². The largest absolute Gasteiger partial charge is 0.631 e. The van der Waals surface area contributed by atoms with Crippen LogP contribution in [0.5, 0.6) is 0 Å². The van der Waals surface area contributed by atoms with E-state index in [1.54, 1.807) is 0 Å². The van der Waals surface area contributed by atoms with Crippen molar-refractivity contribution in [1.29, 1.82) is 0 Å². The maximum absolute atomic E-state index is 7.17. The minimum atomic E-state index is -2.17. The molecule has 0 radical (unpaired) electrons. The van der Waals surface area contributed by atoms with Crippen molar-refractivity contribution >= 4 is 29.3 Å². The van der Waals surface area contributed by atoms with Gasteiger partial charge in [-0.25, -0.2) is 0 Å². The molecule has 0 unspecified atom stereocenters. The van der Waals surface area contributed by atoms with E-state index in [1.807, 2.05) is 0 Å². The van der Waals surface area contributed by atoms with Crippen molar-refractivity contribution in [2.24, 2.45) is 0 Å². The summed E-state index contributed by atoms with van der Waals surface area (Å²) in [5.41, 5.74) is 0. The molecule has 0 aliphatic heterocycles. The molecule has 0 spiro atoms. The van der Waals surface area contributed by atoms with E-state index in [9.17, 15) is 0 Å². The zero-order valence-corrected chi connectivity index (χ0v) is 20.0. The van der Waals surface area contributed by atoms with Gasteiger partial charge in [-0.15, -0.1) is 0 Å². The topological polar surface area (TPSA) is 243 Å². The fourth-order valence-corrected chi connectivity index (χ4v) is 0. The molecule has 0 aromatic carbocycles. The molecule has 0 atom stereocenters. The van der Waals surface area contributed by atoms with Gasteiger partial charge in [0.2, 0.25) is 0 Å². The molecule has 0 amide bonds. The predicted octanol–water partition coefficient (Wildman–Crippen LogP) is -8.21. The Kier molecular flexibility index (Phi) is 83.7. The van der Waals surface area contributed by atoms with Crippen LogP contribution < -0.4 is 0 Å². The summed E-state index contributed by atoms with van der Waals surface area (Å²) in [6.07, 6.45) is 0. The molecule has 12 N–H and O–H groups in total. The van der Waals surface area contributed by atoms with Crippen LogP contribution in [0.25, 0.3) is 0 Å². The van der Waals surface area contributed by atoms with Crippen molar-refractivity contribution in [2.75, 3.05) is 0 Å². The summed E-state index contributed by atoms with van der Waals surface area (Å²) in [7, 11) is -8.67. The Morgan fingerprint density at radius 3 is 0.263 bits per heavy atom. The maximum atomic E-state index is 7.17. The first kappa shape index (κ1) is 42.9. The summed E-state index contributed by atoms with van der Waals surface area (Å²) in [5.74, 6) is 0. The fraction of sp³-hybridized carbons (Fsp3) is 0. The summed E-state index contributed by atoms with van der Waals surface area (Å²) in [6, 6.07) is 0. The second-order valence-electron chi connectivity index (χ2n) is 1.39. The van der Waals surface area contributed by atoms with E-state index in [1.165, 1.54) is 0 Å². The van der Waals surface area contributed by atoms with Gasteiger partial charge in [0.05, 0.1) is 0 Å². The molecule has 0 bridgehead atoms. The van der Waals surface area contributed by atoms with Crippen LogP contribution in [0.4, 0.5) is 0 Å². The molecule has 0 aliphatic carbocycles. The normalized spacial score (nSPS) is 5.68. The summed E-state index contributed by atoms with van der Waals surface area (Å²) < 4.78 is 0. The molecule has 108 valence electrons. The second-order valence-corrected chi connectivity index (χ2v) is 1.39. The van der Waals surface area contributed by atoms with Crippen molar-refractivity contribution in [2.45, 2.75) is 0 Å². The van der Waals surface area contributed by atoms with Gasteiger partial charge >= 0.3 is 29.3 Å². The first-order valence-corrected chi connectivity index (χ1v) is 3.10. The standard InChI is InChI=1S/4BH3O3.3Hf/c4*2-1(3)4;;;/h4*2-4H;;;. The third-order valence-corrected chi connectivity index (χ3v) is 0. The number of hydrogen-bond acceptors (Lipinski definition) is 12. The Morgan fingerprint density at radius 1 is 0.263 bits per heavy atom. The molecule has 12 nitrogen and oxygen atoms in total. The Balaban J connectivity index is -0.0000000192. The number of hydrogen-bond donors (Lipinski definition) is 12. The van der Waals surface area contributed by atoms with E-state index in [-0.39, 0.29) is 77.5 Å². The average molecular weight is 783 g/mol. The number of rotatable bonds is 0. The average Bonchev–Trinajstić information content (AvgIpc) is 1.76. The molecule has 0 aromatic heterocycles. The summed E-state index contributed by atoms with van der Waals surface area (Å²) >= 11 is 0. The minimum Gasteiger partial charge on any atom is -0.402 e. The van der Waals surface area contributed by atoms with Crippen LogP contribution in [-0.2, 0) is 77.5 Å². The second kappa shape index (κ2) is 37.0. The third-order valence-electron chi connectivity index (χ3n) is 0. The molecular weight excluding hydrogens is 771 g/mol. The predicted molar refractivity (Wildman–Crippen MR) is 49.6 cm³/mol. The van der Waals surface area contributed by atoms with E-state index >= 15 is 0 Å².